The minimum atomic E-state index is 0.643. The lowest BCUT2D eigenvalue weighted by Gasteiger charge is -2.35. The molecule has 26 heavy (non-hydrogen) atoms. The number of rotatable bonds is 9. The Morgan fingerprint density at radius 3 is 2.38 bits per heavy atom. The first kappa shape index (κ1) is 21.5. The van der Waals surface area contributed by atoms with E-state index in [1.54, 1.807) is 0 Å². The summed E-state index contributed by atoms with van der Waals surface area (Å²) in [6.07, 6.45) is 9.91. The number of likely N-dealkylation sites (N-methyl/N-ethyl adjacent to an activating group) is 1. The van der Waals surface area contributed by atoms with Gasteiger partial charge in [0, 0.05) is 52.9 Å². The van der Waals surface area contributed by atoms with Crippen LogP contribution in [0.2, 0.25) is 0 Å². The van der Waals surface area contributed by atoms with E-state index in [0.29, 0.717) is 5.92 Å². The lowest BCUT2D eigenvalue weighted by atomic mass is 9.86. The molecule has 1 aliphatic heterocycles. The average Bonchev–Trinajstić information content (AvgIpc) is 2.69. The smallest absolute Gasteiger partial charge is 0.190 e. The number of guanidine groups is 1. The van der Waals surface area contributed by atoms with Gasteiger partial charge in [0.2, 0.25) is 0 Å². The van der Waals surface area contributed by atoms with Crippen LogP contribution in [0, 0.1) is 11.8 Å². The first-order chi connectivity index (χ1) is 12.7. The molecule has 152 valence electrons. The predicted octanol–water partition coefficient (Wildman–Crippen LogP) is 2.79. The van der Waals surface area contributed by atoms with Crippen molar-refractivity contribution in [2.45, 2.75) is 58.8 Å². The molecule has 2 rings (SSSR count). The highest BCUT2D eigenvalue weighted by molar-refractivity contribution is 5.79. The van der Waals surface area contributed by atoms with Crippen molar-refractivity contribution in [2.75, 3.05) is 59.4 Å². The van der Waals surface area contributed by atoms with Crippen LogP contribution in [0.1, 0.15) is 58.8 Å². The van der Waals surface area contributed by atoms with Crippen LogP contribution in [0.25, 0.3) is 0 Å². The fourth-order valence-electron chi connectivity index (χ4n) is 4.36. The molecule has 0 radical (unpaired) electrons. The minimum Gasteiger partial charge on any atom is -0.356 e. The summed E-state index contributed by atoms with van der Waals surface area (Å²) in [4.78, 5) is 9.54. The maximum atomic E-state index is 4.39. The van der Waals surface area contributed by atoms with E-state index in [1.807, 2.05) is 7.05 Å². The third-order valence-electron chi connectivity index (χ3n) is 6.13. The summed E-state index contributed by atoms with van der Waals surface area (Å²) >= 11 is 0. The lowest BCUT2D eigenvalue weighted by molar-refractivity contribution is 0.124. The Morgan fingerprint density at radius 2 is 1.73 bits per heavy atom. The van der Waals surface area contributed by atoms with Crippen molar-refractivity contribution in [1.82, 2.24) is 20.4 Å². The van der Waals surface area contributed by atoms with Crippen molar-refractivity contribution in [3.8, 4) is 0 Å². The zero-order valence-electron chi connectivity index (χ0n) is 17.6. The van der Waals surface area contributed by atoms with E-state index >= 15 is 0 Å². The third kappa shape index (κ3) is 8.26. The van der Waals surface area contributed by atoms with Crippen LogP contribution in [-0.2, 0) is 0 Å². The van der Waals surface area contributed by atoms with Gasteiger partial charge in [-0.3, -0.25) is 4.99 Å². The topological polar surface area (TPSA) is 42.9 Å². The van der Waals surface area contributed by atoms with Gasteiger partial charge in [0.05, 0.1) is 0 Å². The van der Waals surface area contributed by atoms with Crippen LogP contribution in [0.5, 0.6) is 0 Å². The second-order valence-corrected chi connectivity index (χ2v) is 8.37. The molecule has 2 N–H and O–H groups in total. The van der Waals surface area contributed by atoms with Gasteiger partial charge in [-0.15, -0.1) is 0 Å². The molecule has 0 aromatic carbocycles. The van der Waals surface area contributed by atoms with Crippen LogP contribution in [0.15, 0.2) is 4.99 Å². The van der Waals surface area contributed by atoms with Crippen LogP contribution in [0.3, 0.4) is 0 Å². The van der Waals surface area contributed by atoms with Crippen molar-refractivity contribution in [3.63, 3.8) is 0 Å². The third-order valence-corrected chi connectivity index (χ3v) is 6.13. The number of nitrogens with zero attached hydrogens (tertiary/aromatic N) is 3. The molecule has 0 amide bonds. The van der Waals surface area contributed by atoms with Gasteiger partial charge in [-0.2, -0.15) is 0 Å². The fourth-order valence-corrected chi connectivity index (χ4v) is 4.36. The molecule has 0 bridgehead atoms. The first-order valence-electron chi connectivity index (χ1n) is 11.1. The monoisotopic (exact) mass is 365 g/mol. The Balaban J connectivity index is 1.53. The summed E-state index contributed by atoms with van der Waals surface area (Å²) in [5.74, 6) is 2.59. The number of hydrogen-bond donors (Lipinski definition) is 2. The number of aliphatic imine (C=N–C) groups is 1. The van der Waals surface area contributed by atoms with E-state index in [9.17, 15) is 0 Å². The van der Waals surface area contributed by atoms with Crippen LogP contribution in [-0.4, -0.2) is 75.2 Å². The molecule has 1 saturated carbocycles. The summed E-state index contributed by atoms with van der Waals surface area (Å²) in [7, 11) is 1.88. The Hall–Kier alpha value is -0.810. The molecule has 1 heterocycles. The standard InChI is InChI=1S/C21H43N5/c1-4-25-13-15-26(16-14-25)18-19(2)17-24-21(22-3)23-12-8-11-20-9-6-5-7-10-20/h19-20H,4-18H2,1-3H3,(H2,22,23,24). The molecule has 0 spiro atoms. The lowest BCUT2D eigenvalue weighted by Crippen LogP contribution is -2.48. The molecule has 5 nitrogen and oxygen atoms in total. The molecule has 1 aliphatic carbocycles. The van der Waals surface area contributed by atoms with Crippen LogP contribution in [0.4, 0.5) is 0 Å². The zero-order chi connectivity index (χ0) is 18.6. The molecular formula is C21H43N5. The van der Waals surface area contributed by atoms with Gasteiger partial charge in [-0.05, 0) is 31.2 Å². The van der Waals surface area contributed by atoms with Gasteiger partial charge >= 0.3 is 0 Å². The van der Waals surface area contributed by atoms with Gasteiger partial charge in [0.15, 0.2) is 5.96 Å². The van der Waals surface area contributed by atoms with E-state index in [-0.39, 0.29) is 0 Å². The number of hydrogen-bond acceptors (Lipinski definition) is 3. The molecular weight excluding hydrogens is 322 g/mol. The van der Waals surface area contributed by atoms with Gasteiger partial charge in [-0.1, -0.05) is 46.0 Å². The van der Waals surface area contributed by atoms with E-state index in [2.05, 4.69) is 39.3 Å². The molecule has 1 saturated heterocycles. The highest BCUT2D eigenvalue weighted by Gasteiger charge is 2.17. The quantitative estimate of drug-likeness (QED) is 0.375. The second kappa shape index (κ2) is 12.6. The predicted molar refractivity (Wildman–Crippen MR) is 113 cm³/mol. The van der Waals surface area contributed by atoms with E-state index in [4.69, 9.17) is 0 Å². The summed E-state index contributed by atoms with van der Waals surface area (Å²) < 4.78 is 0. The van der Waals surface area contributed by atoms with Crippen LogP contribution < -0.4 is 10.6 Å². The van der Waals surface area contributed by atoms with Crippen molar-refractivity contribution < 1.29 is 0 Å². The van der Waals surface area contributed by atoms with E-state index in [0.717, 1.165) is 25.0 Å². The molecule has 1 atom stereocenters. The number of piperazine rings is 1. The normalized spacial score (nSPS) is 22.3. The Morgan fingerprint density at radius 1 is 1.04 bits per heavy atom. The SMILES string of the molecule is CCN1CCN(CC(C)CNC(=NC)NCCCC2CCCCC2)CC1. The number of nitrogens with one attached hydrogen (secondary N) is 2. The first-order valence-corrected chi connectivity index (χ1v) is 11.1. The Bertz CT molecular complexity index is 384. The van der Waals surface area contributed by atoms with Gasteiger partial charge < -0.3 is 20.4 Å². The Labute approximate surface area is 162 Å². The fraction of sp³-hybridized carbons (Fsp3) is 0.952. The maximum absolute atomic E-state index is 4.39. The highest BCUT2D eigenvalue weighted by Crippen LogP contribution is 2.26. The highest BCUT2D eigenvalue weighted by atomic mass is 15.3. The molecule has 2 aliphatic rings. The van der Waals surface area contributed by atoms with Crippen molar-refractivity contribution in [1.29, 1.82) is 0 Å². The van der Waals surface area contributed by atoms with Gasteiger partial charge in [-0.25, -0.2) is 0 Å². The zero-order valence-corrected chi connectivity index (χ0v) is 17.6. The molecule has 5 heteroatoms. The molecule has 2 fully saturated rings. The molecule has 1 unspecified atom stereocenters. The van der Waals surface area contributed by atoms with E-state index < -0.39 is 0 Å². The summed E-state index contributed by atoms with van der Waals surface area (Å²) in [5.41, 5.74) is 0. The van der Waals surface area contributed by atoms with Crippen LogP contribution >= 0.6 is 0 Å². The van der Waals surface area contributed by atoms with Gasteiger partial charge in [0.25, 0.3) is 0 Å². The molecule has 0 aromatic rings. The van der Waals surface area contributed by atoms with Gasteiger partial charge in [0.1, 0.15) is 0 Å². The second-order valence-electron chi connectivity index (χ2n) is 8.37. The maximum Gasteiger partial charge on any atom is 0.190 e. The summed E-state index contributed by atoms with van der Waals surface area (Å²) in [6.45, 7) is 13.9. The Kier molecular flexibility index (Phi) is 10.4. The minimum absolute atomic E-state index is 0.643. The van der Waals surface area contributed by atoms with E-state index in [1.165, 1.54) is 84.2 Å². The molecule has 0 aromatic heterocycles. The summed E-state index contributed by atoms with van der Waals surface area (Å²) in [6, 6.07) is 0. The van der Waals surface area contributed by atoms with Crippen molar-refractivity contribution >= 4 is 5.96 Å². The largest absolute Gasteiger partial charge is 0.356 e. The van der Waals surface area contributed by atoms with Crippen molar-refractivity contribution in [2.24, 2.45) is 16.8 Å². The average molecular weight is 366 g/mol. The van der Waals surface area contributed by atoms with Crippen molar-refractivity contribution in [3.05, 3.63) is 0 Å². The summed E-state index contributed by atoms with van der Waals surface area (Å²) in [5, 5.41) is 7.02.